The van der Waals surface area contributed by atoms with Gasteiger partial charge in [-0.15, -0.1) is 0 Å². The van der Waals surface area contributed by atoms with Crippen LogP contribution in [0.25, 0.3) is 0 Å². The number of nitrogens with one attached hydrogen (secondary N) is 1. The SMILES string of the molecule is N#Cc1cc(F)cc(N2CCC(Nc3ccnc(C4CC4)n3)C2)c1. The fourth-order valence-corrected chi connectivity index (χ4v) is 3.14. The van der Waals surface area contributed by atoms with Gasteiger partial charge in [0.15, 0.2) is 0 Å². The van der Waals surface area contributed by atoms with Crippen molar-refractivity contribution in [3.63, 3.8) is 0 Å². The summed E-state index contributed by atoms with van der Waals surface area (Å²) in [6, 6.07) is 8.63. The van der Waals surface area contributed by atoms with E-state index in [0.717, 1.165) is 36.8 Å². The van der Waals surface area contributed by atoms with E-state index in [1.54, 1.807) is 6.07 Å². The Kier molecular flexibility index (Phi) is 3.77. The largest absolute Gasteiger partial charge is 0.369 e. The van der Waals surface area contributed by atoms with Crippen LogP contribution >= 0.6 is 0 Å². The quantitative estimate of drug-likeness (QED) is 0.937. The maximum Gasteiger partial charge on any atom is 0.133 e. The molecule has 1 saturated carbocycles. The van der Waals surface area contributed by atoms with E-state index in [4.69, 9.17) is 5.26 Å². The second-order valence-electron chi connectivity index (χ2n) is 6.46. The topological polar surface area (TPSA) is 64.8 Å². The number of halogens is 1. The molecule has 1 atom stereocenters. The van der Waals surface area contributed by atoms with Crippen molar-refractivity contribution < 1.29 is 4.39 Å². The van der Waals surface area contributed by atoms with Gasteiger partial charge >= 0.3 is 0 Å². The lowest BCUT2D eigenvalue weighted by atomic mass is 10.2. The lowest BCUT2D eigenvalue weighted by Gasteiger charge is -2.19. The van der Waals surface area contributed by atoms with Gasteiger partial charge in [-0.3, -0.25) is 0 Å². The Morgan fingerprint density at radius 2 is 2.12 bits per heavy atom. The molecule has 24 heavy (non-hydrogen) atoms. The van der Waals surface area contributed by atoms with E-state index in [-0.39, 0.29) is 11.9 Å². The fraction of sp³-hybridized carbons (Fsp3) is 0.389. The maximum atomic E-state index is 13.6. The highest BCUT2D eigenvalue weighted by molar-refractivity contribution is 5.53. The number of hydrogen-bond acceptors (Lipinski definition) is 5. The molecule has 5 nitrogen and oxygen atoms in total. The van der Waals surface area contributed by atoms with E-state index >= 15 is 0 Å². The number of nitriles is 1. The Morgan fingerprint density at radius 3 is 2.92 bits per heavy atom. The molecule has 0 amide bonds. The minimum atomic E-state index is -0.370. The smallest absolute Gasteiger partial charge is 0.133 e. The van der Waals surface area contributed by atoms with Crippen LogP contribution in [-0.4, -0.2) is 29.1 Å². The summed E-state index contributed by atoms with van der Waals surface area (Å²) in [5.41, 5.74) is 1.11. The summed E-state index contributed by atoms with van der Waals surface area (Å²) in [5.74, 6) is 1.95. The zero-order valence-corrected chi connectivity index (χ0v) is 13.2. The van der Waals surface area contributed by atoms with E-state index in [2.05, 4.69) is 20.2 Å². The summed E-state index contributed by atoms with van der Waals surface area (Å²) in [6.07, 6.45) is 5.12. The van der Waals surface area contributed by atoms with Crippen molar-refractivity contribution in [1.29, 1.82) is 5.26 Å². The van der Waals surface area contributed by atoms with Gasteiger partial charge in [-0.05, 0) is 43.5 Å². The van der Waals surface area contributed by atoms with Gasteiger partial charge in [0, 0.05) is 36.9 Å². The summed E-state index contributed by atoms with van der Waals surface area (Å²) >= 11 is 0. The second-order valence-corrected chi connectivity index (χ2v) is 6.46. The summed E-state index contributed by atoms with van der Waals surface area (Å²) in [6.45, 7) is 1.59. The standard InChI is InChI=1S/C18H18FN5/c19-14-7-12(10-20)8-16(9-14)24-6-4-15(11-24)22-17-3-5-21-18(23-17)13-1-2-13/h3,5,7-9,13,15H,1-2,4,6,11H2,(H,21,22,23). The van der Waals surface area contributed by atoms with Crippen molar-refractivity contribution >= 4 is 11.5 Å². The zero-order valence-electron chi connectivity index (χ0n) is 13.2. The molecule has 1 aromatic carbocycles. The van der Waals surface area contributed by atoms with Crippen LogP contribution in [0, 0.1) is 17.1 Å². The van der Waals surface area contributed by atoms with E-state index in [1.165, 1.54) is 25.0 Å². The molecule has 0 radical (unpaired) electrons. The van der Waals surface area contributed by atoms with Gasteiger partial charge in [0.25, 0.3) is 0 Å². The molecule has 6 heteroatoms. The molecule has 1 aromatic heterocycles. The lowest BCUT2D eigenvalue weighted by Crippen LogP contribution is -2.26. The predicted octanol–water partition coefficient (Wildman–Crippen LogP) is 3.06. The lowest BCUT2D eigenvalue weighted by molar-refractivity contribution is 0.626. The fourth-order valence-electron chi connectivity index (χ4n) is 3.14. The number of anilines is 2. The van der Waals surface area contributed by atoms with Crippen LogP contribution in [-0.2, 0) is 0 Å². The molecule has 122 valence electrons. The van der Waals surface area contributed by atoms with Gasteiger partial charge in [0.2, 0.25) is 0 Å². The van der Waals surface area contributed by atoms with E-state index in [9.17, 15) is 4.39 Å². The second kappa shape index (κ2) is 6.08. The highest BCUT2D eigenvalue weighted by Gasteiger charge is 2.27. The number of nitrogens with zero attached hydrogens (tertiary/aromatic N) is 4. The Labute approximate surface area is 140 Å². The Balaban J connectivity index is 1.44. The van der Waals surface area contributed by atoms with Crippen molar-refractivity contribution in [1.82, 2.24) is 9.97 Å². The molecule has 2 heterocycles. The first-order valence-electron chi connectivity index (χ1n) is 8.26. The van der Waals surface area contributed by atoms with Crippen LogP contribution in [0.1, 0.15) is 36.6 Å². The third-order valence-corrected chi connectivity index (χ3v) is 4.53. The molecule has 1 saturated heterocycles. The summed E-state index contributed by atoms with van der Waals surface area (Å²) < 4.78 is 13.6. The van der Waals surface area contributed by atoms with Gasteiger partial charge < -0.3 is 10.2 Å². The van der Waals surface area contributed by atoms with Gasteiger partial charge in [-0.2, -0.15) is 5.26 Å². The van der Waals surface area contributed by atoms with Crippen molar-refractivity contribution in [3.8, 4) is 6.07 Å². The van der Waals surface area contributed by atoms with Crippen molar-refractivity contribution in [2.75, 3.05) is 23.3 Å². The molecule has 1 aliphatic carbocycles. The Morgan fingerprint density at radius 1 is 1.25 bits per heavy atom. The molecule has 0 bridgehead atoms. The van der Waals surface area contributed by atoms with Gasteiger partial charge in [0.1, 0.15) is 17.5 Å². The third kappa shape index (κ3) is 3.16. The molecule has 4 rings (SSSR count). The van der Waals surface area contributed by atoms with Crippen molar-refractivity contribution in [2.24, 2.45) is 0 Å². The van der Waals surface area contributed by atoms with Crippen LogP contribution in [0.2, 0.25) is 0 Å². The molecule has 2 aromatic rings. The summed E-state index contributed by atoms with van der Waals surface area (Å²) in [4.78, 5) is 11.0. The summed E-state index contributed by atoms with van der Waals surface area (Å²) in [7, 11) is 0. The van der Waals surface area contributed by atoms with E-state index in [0.29, 0.717) is 11.5 Å². The number of aromatic nitrogens is 2. The van der Waals surface area contributed by atoms with Crippen LogP contribution in [0.4, 0.5) is 15.9 Å². The number of benzene rings is 1. The predicted molar refractivity (Wildman–Crippen MR) is 89.4 cm³/mol. The number of hydrogen-bond donors (Lipinski definition) is 1. The molecular weight excluding hydrogens is 305 g/mol. The average molecular weight is 323 g/mol. The molecule has 2 fully saturated rings. The summed E-state index contributed by atoms with van der Waals surface area (Å²) in [5, 5.41) is 12.4. The van der Waals surface area contributed by atoms with E-state index in [1.807, 2.05) is 18.3 Å². The average Bonchev–Trinajstić information content (AvgIpc) is 3.34. The van der Waals surface area contributed by atoms with Gasteiger partial charge in [0.05, 0.1) is 11.6 Å². The molecule has 0 spiro atoms. The molecule has 1 unspecified atom stereocenters. The first kappa shape index (κ1) is 14.9. The zero-order chi connectivity index (χ0) is 16.5. The number of rotatable bonds is 4. The van der Waals surface area contributed by atoms with Crippen molar-refractivity contribution in [3.05, 3.63) is 47.7 Å². The van der Waals surface area contributed by atoms with Crippen LogP contribution in [0.3, 0.4) is 0 Å². The van der Waals surface area contributed by atoms with Crippen molar-refractivity contribution in [2.45, 2.75) is 31.2 Å². The first-order valence-corrected chi connectivity index (χ1v) is 8.26. The third-order valence-electron chi connectivity index (χ3n) is 4.53. The maximum absolute atomic E-state index is 13.6. The molecule has 1 N–H and O–H groups in total. The van der Waals surface area contributed by atoms with Gasteiger partial charge in [-0.1, -0.05) is 0 Å². The Bertz CT molecular complexity index is 796. The van der Waals surface area contributed by atoms with Gasteiger partial charge in [-0.25, -0.2) is 14.4 Å². The van der Waals surface area contributed by atoms with Crippen LogP contribution in [0.15, 0.2) is 30.5 Å². The Hall–Kier alpha value is -2.68. The minimum absolute atomic E-state index is 0.251. The molecular formula is C18H18FN5. The normalized spacial score (nSPS) is 20.0. The molecule has 2 aliphatic rings. The monoisotopic (exact) mass is 323 g/mol. The highest BCUT2D eigenvalue weighted by Crippen LogP contribution is 2.38. The minimum Gasteiger partial charge on any atom is -0.369 e. The van der Waals surface area contributed by atoms with E-state index < -0.39 is 0 Å². The first-order chi connectivity index (χ1) is 11.7. The highest BCUT2D eigenvalue weighted by atomic mass is 19.1. The van der Waals surface area contributed by atoms with Crippen LogP contribution in [0.5, 0.6) is 0 Å². The molecule has 1 aliphatic heterocycles. The van der Waals surface area contributed by atoms with Crippen LogP contribution < -0.4 is 10.2 Å².